The Bertz CT molecular complexity index is 716. The molecule has 134 valence electrons. The van der Waals surface area contributed by atoms with E-state index in [0.717, 1.165) is 55.4 Å². The predicted molar refractivity (Wildman–Crippen MR) is 94.3 cm³/mol. The molecule has 1 aliphatic carbocycles. The molecule has 25 heavy (non-hydrogen) atoms. The summed E-state index contributed by atoms with van der Waals surface area (Å²) < 4.78 is 11.6. The highest BCUT2D eigenvalue weighted by Crippen LogP contribution is 2.38. The lowest BCUT2D eigenvalue weighted by Gasteiger charge is -2.35. The number of furan rings is 1. The molecule has 0 amide bonds. The van der Waals surface area contributed by atoms with E-state index in [1.54, 1.807) is 6.26 Å². The molecule has 1 saturated heterocycles. The first-order valence-electron chi connectivity index (χ1n) is 9.12. The number of pyridine rings is 1. The fourth-order valence-electron chi connectivity index (χ4n) is 4.33. The highest BCUT2D eigenvalue weighted by atomic mass is 16.5. The van der Waals surface area contributed by atoms with Crippen LogP contribution in [0.25, 0.3) is 0 Å². The van der Waals surface area contributed by atoms with Crippen molar-refractivity contribution in [1.29, 1.82) is 0 Å². The van der Waals surface area contributed by atoms with Gasteiger partial charge in [0.05, 0.1) is 24.6 Å². The van der Waals surface area contributed by atoms with Crippen molar-refractivity contribution >= 4 is 0 Å². The highest BCUT2D eigenvalue weighted by molar-refractivity contribution is 5.28. The summed E-state index contributed by atoms with van der Waals surface area (Å²) in [5.41, 5.74) is 1.87. The molecule has 0 bridgehead atoms. The average Bonchev–Trinajstić information content (AvgIpc) is 3.20. The first-order valence-corrected chi connectivity index (χ1v) is 9.12. The second kappa shape index (κ2) is 6.81. The zero-order valence-electron chi connectivity index (χ0n) is 14.9. The molecule has 0 radical (unpaired) electrons. The molecule has 5 heteroatoms. The summed E-state index contributed by atoms with van der Waals surface area (Å²) in [7, 11) is 0. The maximum absolute atomic E-state index is 10.6. The molecule has 5 nitrogen and oxygen atoms in total. The van der Waals surface area contributed by atoms with Gasteiger partial charge in [-0.05, 0) is 62.8 Å². The van der Waals surface area contributed by atoms with E-state index < -0.39 is 6.10 Å². The van der Waals surface area contributed by atoms with Crippen molar-refractivity contribution in [2.24, 2.45) is 11.8 Å². The Hall–Kier alpha value is -1.85. The molecule has 1 N–H and O–H groups in total. The number of aromatic nitrogens is 1. The lowest BCUT2D eigenvalue weighted by Crippen LogP contribution is -2.42. The van der Waals surface area contributed by atoms with E-state index in [-0.39, 0.29) is 6.10 Å². The SMILES string of the molecule is Cc1ccc(O[C@@H]2C[C@@H]3CN(Cc4ccco4)C[C@@H]3C[C@H]2O)c(C)n1. The van der Waals surface area contributed by atoms with E-state index >= 15 is 0 Å². The molecule has 4 rings (SSSR count). The smallest absolute Gasteiger partial charge is 0.141 e. The van der Waals surface area contributed by atoms with Crippen LogP contribution in [0.1, 0.15) is 30.0 Å². The number of hydrogen-bond donors (Lipinski definition) is 1. The number of aliphatic hydroxyl groups is 1. The average molecular weight is 342 g/mol. The fraction of sp³-hybridized carbons (Fsp3) is 0.550. The Labute approximate surface area is 148 Å². The van der Waals surface area contributed by atoms with Crippen LogP contribution >= 0.6 is 0 Å². The quantitative estimate of drug-likeness (QED) is 0.926. The molecule has 0 spiro atoms. The number of ether oxygens (including phenoxy) is 1. The third kappa shape index (κ3) is 3.58. The van der Waals surface area contributed by atoms with Crippen LogP contribution in [-0.4, -0.2) is 40.3 Å². The topological polar surface area (TPSA) is 58.7 Å². The van der Waals surface area contributed by atoms with E-state index in [4.69, 9.17) is 9.15 Å². The van der Waals surface area contributed by atoms with E-state index in [1.165, 1.54) is 0 Å². The number of aliphatic hydroxyl groups excluding tert-OH is 1. The summed E-state index contributed by atoms with van der Waals surface area (Å²) in [5.74, 6) is 2.91. The Morgan fingerprint density at radius 3 is 2.72 bits per heavy atom. The molecule has 4 atom stereocenters. The zero-order chi connectivity index (χ0) is 17.4. The van der Waals surface area contributed by atoms with Crippen LogP contribution in [0.15, 0.2) is 34.9 Å². The van der Waals surface area contributed by atoms with Crippen LogP contribution in [0.2, 0.25) is 0 Å². The molecule has 3 heterocycles. The van der Waals surface area contributed by atoms with E-state index in [1.807, 2.05) is 38.1 Å². The van der Waals surface area contributed by atoms with Gasteiger partial charge < -0.3 is 14.3 Å². The van der Waals surface area contributed by atoms with E-state index in [2.05, 4.69) is 9.88 Å². The van der Waals surface area contributed by atoms with Crippen molar-refractivity contribution in [3.8, 4) is 5.75 Å². The van der Waals surface area contributed by atoms with Crippen LogP contribution in [0.4, 0.5) is 0 Å². The van der Waals surface area contributed by atoms with Gasteiger partial charge in [0.2, 0.25) is 0 Å². The number of rotatable bonds is 4. The van der Waals surface area contributed by atoms with E-state index in [9.17, 15) is 5.11 Å². The number of hydrogen-bond acceptors (Lipinski definition) is 5. The number of aryl methyl sites for hydroxylation is 2. The summed E-state index contributed by atoms with van der Waals surface area (Å²) in [5, 5.41) is 10.6. The first kappa shape index (κ1) is 16.6. The molecule has 2 fully saturated rings. The highest BCUT2D eigenvalue weighted by Gasteiger charge is 2.42. The second-order valence-electron chi connectivity index (χ2n) is 7.52. The summed E-state index contributed by atoms with van der Waals surface area (Å²) in [6.07, 6.45) is 2.87. The second-order valence-corrected chi connectivity index (χ2v) is 7.52. The summed E-state index contributed by atoms with van der Waals surface area (Å²) >= 11 is 0. The Balaban J connectivity index is 1.40. The van der Waals surface area contributed by atoms with Gasteiger partial charge in [0.1, 0.15) is 17.6 Å². The van der Waals surface area contributed by atoms with Crippen molar-refractivity contribution in [3.63, 3.8) is 0 Å². The fourth-order valence-corrected chi connectivity index (χ4v) is 4.33. The molecule has 0 unspecified atom stereocenters. The Morgan fingerprint density at radius 2 is 2.00 bits per heavy atom. The van der Waals surface area contributed by atoms with Gasteiger partial charge in [0.25, 0.3) is 0 Å². The molecule has 1 saturated carbocycles. The van der Waals surface area contributed by atoms with Gasteiger partial charge >= 0.3 is 0 Å². The van der Waals surface area contributed by atoms with Crippen molar-refractivity contribution < 1.29 is 14.3 Å². The number of likely N-dealkylation sites (tertiary alicyclic amines) is 1. The monoisotopic (exact) mass is 342 g/mol. The van der Waals surface area contributed by atoms with Gasteiger partial charge in [-0.15, -0.1) is 0 Å². The summed E-state index contributed by atoms with van der Waals surface area (Å²) in [6, 6.07) is 7.88. The van der Waals surface area contributed by atoms with E-state index in [0.29, 0.717) is 11.8 Å². The van der Waals surface area contributed by atoms with Crippen molar-refractivity contribution in [1.82, 2.24) is 9.88 Å². The number of nitrogens with zero attached hydrogens (tertiary/aromatic N) is 2. The van der Waals surface area contributed by atoms with Crippen LogP contribution in [-0.2, 0) is 6.54 Å². The van der Waals surface area contributed by atoms with Gasteiger partial charge in [-0.25, -0.2) is 0 Å². The predicted octanol–water partition coefficient (Wildman–Crippen LogP) is 2.94. The third-order valence-electron chi connectivity index (χ3n) is 5.57. The minimum Gasteiger partial charge on any atom is -0.486 e. The lowest BCUT2D eigenvalue weighted by molar-refractivity contribution is -0.0236. The standard InChI is InChI=1S/C20H26N2O3/c1-13-5-6-19(14(2)21-13)25-20-9-16-11-22(10-15(16)8-18(20)23)12-17-4-3-7-24-17/h3-7,15-16,18,20,23H,8-12H2,1-2H3/t15-,16+,18+,20+/m0/s1. The Morgan fingerprint density at radius 1 is 1.20 bits per heavy atom. The summed E-state index contributed by atoms with van der Waals surface area (Å²) in [6.45, 7) is 6.86. The van der Waals surface area contributed by atoms with Crippen LogP contribution < -0.4 is 4.74 Å². The van der Waals surface area contributed by atoms with Crippen LogP contribution in [0, 0.1) is 25.7 Å². The van der Waals surface area contributed by atoms with Crippen LogP contribution in [0.5, 0.6) is 5.75 Å². The minimum atomic E-state index is -0.412. The van der Waals surface area contributed by atoms with Gasteiger partial charge in [-0.3, -0.25) is 9.88 Å². The Kier molecular flexibility index (Phi) is 4.52. The minimum absolute atomic E-state index is 0.145. The van der Waals surface area contributed by atoms with Crippen LogP contribution in [0.3, 0.4) is 0 Å². The van der Waals surface area contributed by atoms with Crippen molar-refractivity contribution in [2.75, 3.05) is 13.1 Å². The summed E-state index contributed by atoms with van der Waals surface area (Å²) in [4.78, 5) is 6.89. The van der Waals surface area contributed by atoms with Gasteiger partial charge in [0, 0.05) is 18.8 Å². The third-order valence-corrected chi connectivity index (χ3v) is 5.57. The van der Waals surface area contributed by atoms with Gasteiger partial charge in [-0.1, -0.05) is 0 Å². The van der Waals surface area contributed by atoms with Gasteiger partial charge in [0.15, 0.2) is 0 Å². The molecule has 0 aromatic carbocycles. The molecular formula is C20H26N2O3. The molecular weight excluding hydrogens is 316 g/mol. The molecule has 2 aliphatic rings. The number of fused-ring (bicyclic) bond motifs is 1. The molecule has 2 aromatic rings. The lowest BCUT2D eigenvalue weighted by atomic mass is 9.78. The molecule has 1 aliphatic heterocycles. The van der Waals surface area contributed by atoms with Crippen molar-refractivity contribution in [2.45, 2.75) is 45.4 Å². The maximum atomic E-state index is 10.6. The van der Waals surface area contributed by atoms with Crippen molar-refractivity contribution in [3.05, 3.63) is 47.7 Å². The maximum Gasteiger partial charge on any atom is 0.141 e. The normalized spacial score (nSPS) is 29.6. The zero-order valence-corrected chi connectivity index (χ0v) is 14.9. The first-order chi connectivity index (χ1) is 12.1. The molecule has 2 aromatic heterocycles. The van der Waals surface area contributed by atoms with Gasteiger partial charge in [-0.2, -0.15) is 0 Å². The largest absolute Gasteiger partial charge is 0.486 e.